The predicted octanol–water partition coefficient (Wildman–Crippen LogP) is 1.89. The van der Waals surface area contributed by atoms with Crippen LogP contribution in [-0.2, 0) is 14.8 Å². The highest BCUT2D eigenvalue weighted by Crippen LogP contribution is 2.21. The van der Waals surface area contributed by atoms with Crippen molar-refractivity contribution in [2.24, 2.45) is 5.92 Å². The lowest BCUT2D eigenvalue weighted by Gasteiger charge is -2.30. The fourth-order valence-electron chi connectivity index (χ4n) is 2.99. The Morgan fingerprint density at radius 3 is 2.19 bits per heavy atom. The molecule has 1 N–H and O–H groups in total. The maximum atomic E-state index is 13.1. The Morgan fingerprint density at radius 2 is 1.69 bits per heavy atom. The molecule has 1 aliphatic rings. The van der Waals surface area contributed by atoms with Crippen molar-refractivity contribution < 1.29 is 13.2 Å². The zero-order chi connectivity index (χ0) is 19.3. The first-order chi connectivity index (χ1) is 12.2. The lowest BCUT2D eigenvalue weighted by atomic mass is 10.0. The fraction of sp³-hybridized carbons (Fsp3) is 0.632. The van der Waals surface area contributed by atoms with E-state index in [-0.39, 0.29) is 23.3 Å². The van der Waals surface area contributed by atoms with E-state index < -0.39 is 10.0 Å². The summed E-state index contributed by atoms with van der Waals surface area (Å²) >= 11 is 0. The third-order valence-electron chi connectivity index (χ3n) is 4.53. The molecule has 1 fully saturated rings. The van der Waals surface area contributed by atoms with Crippen molar-refractivity contribution >= 4 is 15.9 Å². The monoisotopic (exact) mass is 381 g/mol. The minimum Gasteiger partial charge on any atom is -0.339 e. The van der Waals surface area contributed by atoms with Crippen LogP contribution >= 0.6 is 0 Å². The Balaban J connectivity index is 2.21. The molecule has 0 unspecified atom stereocenters. The zero-order valence-corrected chi connectivity index (χ0v) is 17.1. The summed E-state index contributed by atoms with van der Waals surface area (Å²) in [5, 5.41) is 3.20. The second kappa shape index (κ2) is 8.97. The van der Waals surface area contributed by atoms with E-state index in [4.69, 9.17) is 0 Å². The van der Waals surface area contributed by atoms with E-state index in [0.717, 1.165) is 18.7 Å². The number of carbonyl (C=O) groups excluding carboxylic acids is 1. The van der Waals surface area contributed by atoms with Gasteiger partial charge in [-0.15, -0.1) is 0 Å². The Kier molecular flexibility index (Phi) is 7.20. The second-order valence-electron chi connectivity index (χ2n) is 7.55. The summed E-state index contributed by atoms with van der Waals surface area (Å²) in [5.41, 5.74) is 1.09. The van der Waals surface area contributed by atoms with Gasteiger partial charge < -0.3 is 10.2 Å². The van der Waals surface area contributed by atoms with E-state index >= 15 is 0 Å². The average molecular weight is 382 g/mol. The zero-order valence-electron chi connectivity index (χ0n) is 16.2. The van der Waals surface area contributed by atoms with Gasteiger partial charge in [-0.2, -0.15) is 4.31 Å². The third-order valence-corrected chi connectivity index (χ3v) is 6.36. The number of benzene rings is 1. The summed E-state index contributed by atoms with van der Waals surface area (Å²) in [4.78, 5) is 14.6. The van der Waals surface area contributed by atoms with Gasteiger partial charge >= 0.3 is 0 Å². The predicted molar refractivity (Wildman–Crippen MR) is 104 cm³/mol. The Labute approximate surface area is 157 Å². The Morgan fingerprint density at radius 1 is 1.12 bits per heavy atom. The number of hydrogen-bond acceptors (Lipinski definition) is 4. The highest BCUT2D eigenvalue weighted by Gasteiger charge is 2.29. The summed E-state index contributed by atoms with van der Waals surface area (Å²) in [6, 6.07) is 6.99. The topological polar surface area (TPSA) is 69.7 Å². The highest BCUT2D eigenvalue weighted by atomic mass is 32.2. The van der Waals surface area contributed by atoms with Crippen LogP contribution in [0.15, 0.2) is 29.2 Å². The van der Waals surface area contributed by atoms with Crippen LogP contribution < -0.4 is 5.32 Å². The standard InChI is InChI=1S/C19H31N3O3S/c1-15(2)13-22(14-19(23)21-11-9-20-10-12-21)26(24,25)18-7-5-17(6-8-18)16(3)4/h5-8,15-16,20H,9-14H2,1-4H3. The Hall–Kier alpha value is -1.44. The molecule has 0 saturated carbocycles. The first kappa shape index (κ1) is 20.9. The van der Waals surface area contributed by atoms with E-state index in [9.17, 15) is 13.2 Å². The largest absolute Gasteiger partial charge is 0.339 e. The van der Waals surface area contributed by atoms with Gasteiger partial charge in [0.15, 0.2) is 0 Å². The molecule has 0 aliphatic carbocycles. The van der Waals surface area contributed by atoms with Gasteiger partial charge in [-0.3, -0.25) is 4.79 Å². The number of piperazine rings is 1. The molecule has 0 aromatic heterocycles. The molecule has 1 aromatic rings. The molecular weight excluding hydrogens is 350 g/mol. The summed E-state index contributed by atoms with van der Waals surface area (Å²) in [7, 11) is -3.70. The van der Waals surface area contributed by atoms with Crippen molar-refractivity contribution in [3.05, 3.63) is 29.8 Å². The third kappa shape index (κ3) is 5.28. The van der Waals surface area contributed by atoms with Crippen LogP contribution in [0.3, 0.4) is 0 Å². The maximum absolute atomic E-state index is 13.1. The normalized spacial score (nSPS) is 15.9. The molecule has 6 nitrogen and oxygen atoms in total. The summed E-state index contributed by atoms with van der Waals surface area (Å²) in [5.74, 6) is 0.345. The SMILES string of the molecule is CC(C)CN(CC(=O)N1CCNCC1)S(=O)(=O)c1ccc(C(C)C)cc1. The first-order valence-electron chi connectivity index (χ1n) is 9.30. The van der Waals surface area contributed by atoms with Crippen molar-refractivity contribution in [3.8, 4) is 0 Å². The second-order valence-corrected chi connectivity index (χ2v) is 9.48. The fourth-order valence-corrected chi connectivity index (χ4v) is 4.55. The molecule has 0 radical (unpaired) electrons. The van der Waals surface area contributed by atoms with Crippen LogP contribution in [0.2, 0.25) is 0 Å². The molecule has 0 atom stereocenters. The number of hydrogen-bond donors (Lipinski definition) is 1. The Bertz CT molecular complexity index is 693. The summed E-state index contributed by atoms with van der Waals surface area (Å²) < 4.78 is 27.5. The van der Waals surface area contributed by atoms with Crippen LogP contribution in [0, 0.1) is 5.92 Å². The van der Waals surface area contributed by atoms with Gasteiger partial charge in [-0.25, -0.2) is 8.42 Å². The number of nitrogens with zero attached hydrogens (tertiary/aromatic N) is 2. The van der Waals surface area contributed by atoms with Crippen LogP contribution in [0.5, 0.6) is 0 Å². The lowest BCUT2D eigenvalue weighted by Crippen LogP contribution is -2.50. The van der Waals surface area contributed by atoms with Crippen LogP contribution in [-0.4, -0.2) is 62.8 Å². The summed E-state index contributed by atoms with van der Waals surface area (Å²) in [6.07, 6.45) is 0. The number of rotatable bonds is 7. The molecule has 1 aromatic carbocycles. The molecule has 1 aliphatic heterocycles. The molecule has 1 amide bonds. The van der Waals surface area contributed by atoms with Crippen molar-refractivity contribution in [3.63, 3.8) is 0 Å². The molecule has 0 bridgehead atoms. The van der Waals surface area contributed by atoms with Gasteiger partial charge in [0, 0.05) is 32.7 Å². The van der Waals surface area contributed by atoms with E-state index in [0.29, 0.717) is 25.6 Å². The number of carbonyl (C=O) groups is 1. The van der Waals surface area contributed by atoms with Crippen LogP contribution in [0.25, 0.3) is 0 Å². The van der Waals surface area contributed by atoms with Gasteiger partial charge in [-0.05, 0) is 29.5 Å². The minimum atomic E-state index is -3.70. The maximum Gasteiger partial charge on any atom is 0.243 e. The lowest BCUT2D eigenvalue weighted by molar-refractivity contribution is -0.132. The smallest absolute Gasteiger partial charge is 0.243 e. The van der Waals surface area contributed by atoms with Gasteiger partial charge in [0.2, 0.25) is 15.9 Å². The first-order valence-corrected chi connectivity index (χ1v) is 10.7. The van der Waals surface area contributed by atoms with Gasteiger partial charge in [0.1, 0.15) is 0 Å². The molecule has 1 saturated heterocycles. The van der Waals surface area contributed by atoms with Crippen LogP contribution in [0.1, 0.15) is 39.2 Å². The number of nitrogens with one attached hydrogen (secondary N) is 1. The van der Waals surface area contributed by atoms with E-state index in [2.05, 4.69) is 19.2 Å². The van der Waals surface area contributed by atoms with E-state index in [1.807, 2.05) is 26.0 Å². The van der Waals surface area contributed by atoms with E-state index in [1.54, 1.807) is 17.0 Å². The van der Waals surface area contributed by atoms with Crippen molar-refractivity contribution in [1.29, 1.82) is 0 Å². The quantitative estimate of drug-likeness (QED) is 0.783. The molecule has 146 valence electrons. The molecule has 0 spiro atoms. The molecule has 2 rings (SSSR count). The molecule has 1 heterocycles. The molecule has 7 heteroatoms. The van der Waals surface area contributed by atoms with Crippen molar-refractivity contribution in [1.82, 2.24) is 14.5 Å². The molecular formula is C19H31N3O3S. The van der Waals surface area contributed by atoms with Gasteiger partial charge in [-0.1, -0.05) is 39.8 Å². The van der Waals surface area contributed by atoms with Crippen LogP contribution in [0.4, 0.5) is 0 Å². The summed E-state index contributed by atoms with van der Waals surface area (Å²) in [6.45, 7) is 11.0. The van der Waals surface area contributed by atoms with Crippen molar-refractivity contribution in [2.75, 3.05) is 39.3 Å². The highest BCUT2D eigenvalue weighted by molar-refractivity contribution is 7.89. The van der Waals surface area contributed by atoms with E-state index in [1.165, 1.54) is 4.31 Å². The molecule has 26 heavy (non-hydrogen) atoms. The van der Waals surface area contributed by atoms with Crippen molar-refractivity contribution in [2.45, 2.75) is 38.5 Å². The minimum absolute atomic E-state index is 0.105. The average Bonchev–Trinajstić information content (AvgIpc) is 2.61. The number of sulfonamides is 1. The van der Waals surface area contributed by atoms with Gasteiger partial charge in [0.25, 0.3) is 0 Å². The number of amides is 1. The van der Waals surface area contributed by atoms with Gasteiger partial charge in [0.05, 0.1) is 11.4 Å².